The van der Waals surface area contributed by atoms with E-state index < -0.39 is 0 Å². The van der Waals surface area contributed by atoms with Crippen molar-refractivity contribution in [3.8, 4) is 0 Å². The lowest BCUT2D eigenvalue weighted by Crippen LogP contribution is -2.25. The lowest BCUT2D eigenvalue weighted by atomic mass is 10.4. The van der Waals surface area contributed by atoms with E-state index in [1.807, 2.05) is 11.4 Å². The summed E-state index contributed by atoms with van der Waals surface area (Å²) < 4.78 is 1.84. The van der Waals surface area contributed by atoms with Gasteiger partial charge in [0.25, 0.3) is 5.91 Å². The quantitative estimate of drug-likeness (QED) is 0.786. The van der Waals surface area contributed by atoms with Crippen molar-refractivity contribution in [3.05, 3.63) is 35.8 Å². The van der Waals surface area contributed by atoms with Crippen LogP contribution in [0.25, 0.3) is 0 Å². The van der Waals surface area contributed by atoms with E-state index in [4.69, 9.17) is 0 Å². The average molecular weight is 396 g/mol. The molecule has 0 aliphatic rings. The molecule has 2 aromatic rings. The number of thiophene rings is 1. The van der Waals surface area contributed by atoms with Gasteiger partial charge in [0, 0.05) is 16.9 Å². The highest BCUT2D eigenvalue weighted by molar-refractivity contribution is 9.13. The lowest BCUT2D eigenvalue weighted by molar-refractivity contribution is 0.0788. The smallest absolute Gasteiger partial charge is 0.264 e. The third-order valence-corrected chi connectivity index (χ3v) is 5.96. The van der Waals surface area contributed by atoms with Crippen LogP contribution in [-0.4, -0.2) is 22.8 Å². The van der Waals surface area contributed by atoms with E-state index in [1.54, 1.807) is 17.5 Å². The number of halogens is 2. The number of nitrogens with zero attached hydrogens (tertiary/aromatic N) is 2. The number of hydrogen-bond donors (Lipinski definition) is 0. The van der Waals surface area contributed by atoms with Crippen LogP contribution in [0.1, 0.15) is 15.4 Å². The summed E-state index contributed by atoms with van der Waals surface area (Å²) in [5.74, 6) is 0.00870. The van der Waals surface area contributed by atoms with E-state index >= 15 is 0 Å². The number of aromatic nitrogens is 1. The van der Waals surface area contributed by atoms with Crippen molar-refractivity contribution in [1.29, 1.82) is 0 Å². The molecule has 0 aliphatic carbocycles. The Kier molecular flexibility index (Phi) is 4.35. The monoisotopic (exact) mass is 394 g/mol. The van der Waals surface area contributed by atoms with Crippen molar-refractivity contribution >= 4 is 60.4 Å². The van der Waals surface area contributed by atoms with Crippen LogP contribution in [-0.2, 0) is 6.54 Å². The fraction of sp³-hybridized carbons (Fsp3) is 0.200. The summed E-state index contributed by atoms with van der Waals surface area (Å²) in [7, 11) is 1.78. The Labute approximate surface area is 124 Å². The highest BCUT2D eigenvalue weighted by Gasteiger charge is 2.16. The van der Waals surface area contributed by atoms with Gasteiger partial charge in [-0.2, -0.15) is 0 Å². The molecule has 0 saturated heterocycles. The topological polar surface area (TPSA) is 33.2 Å². The van der Waals surface area contributed by atoms with Crippen LogP contribution < -0.4 is 0 Å². The van der Waals surface area contributed by atoms with Gasteiger partial charge >= 0.3 is 0 Å². The molecule has 0 atom stereocenters. The van der Waals surface area contributed by atoms with Gasteiger partial charge in [0.2, 0.25) is 0 Å². The molecule has 0 spiro atoms. The molecule has 2 aromatic heterocycles. The first-order valence-electron chi connectivity index (χ1n) is 4.65. The normalized spacial score (nSPS) is 10.5. The van der Waals surface area contributed by atoms with E-state index in [0.29, 0.717) is 11.4 Å². The molecule has 0 aromatic carbocycles. The molecule has 0 radical (unpaired) electrons. The van der Waals surface area contributed by atoms with Crippen LogP contribution in [0, 0.1) is 0 Å². The Morgan fingerprint density at radius 2 is 2.29 bits per heavy atom. The van der Waals surface area contributed by atoms with Crippen molar-refractivity contribution in [2.24, 2.45) is 0 Å². The summed E-state index contributed by atoms with van der Waals surface area (Å²) in [6, 6.07) is 1.83. The van der Waals surface area contributed by atoms with E-state index in [2.05, 4.69) is 36.8 Å². The first-order valence-corrected chi connectivity index (χ1v) is 8.00. The zero-order chi connectivity index (χ0) is 12.4. The molecular formula is C10H8Br2N2OS2. The van der Waals surface area contributed by atoms with E-state index in [1.165, 1.54) is 22.7 Å². The van der Waals surface area contributed by atoms with Crippen LogP contribution in [0.5, 0.6) is 0 Å². The maximum Gasteiger partial charge on any atom is 0.264 e. The van der Waals surface area contributed by atoms with Gasteiger partial charge in [-0.15, -0.1) is 22.7 Å². The number of carbonyl (C=O) groups excluding carboxylic acids is 1. The van der Waals surface area contributed by atoms with Crippen molar-refractivity contribution in [3.63, 3.8) is 0 Å². The first-order chi connectivity index (χ1) is 8.08. The molecule has 0 bridgehead atoms. The van der Waals surface area contributed by atoms with Gasteiger partial charge in [-0.3, -0.25) is 4.79 Å². The van der Waals surface area contributed by atoms with Crippen molar-refractivity contribution < 1.29 is 4.79 Å². The third-order valence-electron chi connectivity index (χ3n) is 2.09. The van der Waals surface area contributed by atoms with E-state index in [9.17, 15) is 4.79 Å². The predicted molar refractivity (Wildman–Crippen MR) is 77.6 cm³/mol. The minimum absolute atomic E-state index is 0.00870. The van der Waals surface area contributed by atoms with Gasteiger partial charge < -0.3 is 4.90 Å². The van der Waals surface area contributed by atoms with E-state index in [0.717, 1.165) is 14.0 Å². The Balaban J connectivity index is 2.09. The minimum atomic E-state index is 0.00870. The zero-order valence-electron chi connectivity index (χ0n) is 8.81. The molecule has 17 heavy (non-hydrogen) atoms. The summed E-state index contributed by atoms with van der Waals surface area (Å²) in [6.07, 6.45) is 0. The van der Waals surface area contributed by atoms with E-state index in [-0.39, 0.29) is 5.91 Å². The summed E-state index contributed by atoms with van der Waals surface area (Å²) in [6.45, 7) is 0.537. The Bertz CT molecular complexity index is 505. The maximum absolute atomic E-state index is 12.1. The van der Waals surface area contributed by atoms with Crippen molar-refractivity contribution in [1.82, 2.24) is 9.88 Å². The second kappa shape index (κ2) is 5.60. The molecule has 7 heteroatoms. The Hall–Kier alpha value is -0.240. The fourth-order valence-electron chi connectivity index (χ4n) is 1.27. The zero-order valence-corrected chi connectivity index (χ0v) is 13.6. The van der Waals surface area contributed by atoms with Gasteiger partial charge in [0.15, 0.2) is 0 Å². The van der Waals surface area contributed by atoms with Crippen LogP contribution >= 0.6 is 54.5 Å². The predicted octanol–water partition coefficient (Wildman–Crippen LogP) is 4.00. The molecule has 0 unspecified atom stereocenters. The van der Waals surface area contributed by atoms with Crippen LogP contribution in [0.3, 0.4) is 0 Å². The summed E-state index contributed by atoms with van der Waals surface area (Å²) in [5.41, 5.74) is 2.69. The fourth-order valence-corrected chi connectivity index (χ4v) is 3.85. The largest absolute Gasteiger partial charge is 0.335 e. The van der Waals surface area contributed by atoms with Gasteiger partial charge in [0.05, 0.1) is 26.4 Å². The molecule has 3 nitrogen and oxygen atoms in total. The van der Waals surface area contributed by atoms with Crippen LogP contribution in [0.4, 0.5) is 0 Å². The summed E-state index contributed by atoms with van der Waals surface area (Å²) >= 11 is 9.72. The molecule has 0 N–H and O–H groups in total. The van der Waals surface area contributed by atoms with Crippen LogP contribution in [0.2, 0.25) is 0 Å². The average Bonchev–Trinajstić information content (AvgIpc) is 2.89. The summed E-state index contributed by atoms with van der Waals surface area (Å²) in [5, 5.41) is 1.95. The number of hydrogen-bond acceptors (Lipinski definition) is 4. The molecule has 2 rings (SSSR count). The first kappa shape index (κ1) is 13.2. The number of amides is 1. The molecule has 0 saturated carbocycles. The molecule has 0 fully saturated rings. The molecule has 90 valence electrons. The minimum Gasteiger partial charge on any atom is -0.335 e. The number of thiazole rings is 1. The number of rotatable bonds is 3. The second-order valence-corrected chi connectivity index (χ2v) is 7.32. The molecule has 1 amide bonds. The number of carbonyl (C=O) groups is 1. The Morgan fingerprint density at radius 1 is 1.53 bits per heavy atom. The molecule has 2 heterocycles. The molecular weight excluding hydrogens is 388 g/mol. The Morgan fingerprint density at radius 3 is 2.82 bits per heavy atom. The standard InChI is InChI=1S/C10H8Br2N2OS2/c1-14(3-6-4-16-5-13-6)10(15)8-2-7(11)9(12)17-8/h2,4-5H,3H2,1H3. The van der Waals surface area contributed by atoms with Gasteiger partial charge in [-0.25, -0.2) is 4.98 Å². The van der Waals surface area contributed by atoms with Gasteiger partial charge in [-0.05, 0) is 37.9 Å². The van der Waals surface area contributed by atoms with Crippen LogP contribution in [0.15, 0.2) is 25.2 Å². The lowest BCUT2D eigenvalue weighted by Gasteiger charge is -2.14. The van der Waals surface area contributed by atoms with Crippen molar-refractivity contribution in [2.75, 3.05) is 7.05 Å². The highest BCUT2D eigenvalue weighted by atomic mass is 79.9. The van der Waals surface area contributed by atoms with Gasteiger partial charge in [-0.1, -0.05) is 0 Å². The second-order valence-electron chi connectivity index (χ2n) is 3.37. The third kappa shape index (κ3) is 3.15. The SMILES string of the molecule is CN(Cc1cscn1)C(=O)c1cc(Br)c(Br)s1. The maximum atomic E-state index is 12.1. The molecule has 0 aliphatic heterocycles. The van der Waals surface area contributed by atoms with Crippen molar-refractivity contribution in [2.45, 2.75) is 6.54 Å². The highest BCUT2D eigenvalue weighted by Crippen LogP contribution is 2.32. The van der Waals surface area contributed by atoms with Gasteiger partial charge in [0.1, 0.15) is 0 Å². The summed E-state index contributed by atoms with van der Waals surface area (Å²) in [4.78, 5) is 18.6.